The molecule has 0 fully saturated rings. The molecular formula is C50H77NO7. The van der Waals surface area contributed by atoms with E-state index in [2.05, 4.69) is 62.5 Å². The Morgan fingerprint density at radius 2 is 0.914 bits per heavy atom. The van der Waals surface area contributed by atoms with Crippen LogP contribution in [0.3, 0.4) is 0 Å². The number of likely N-dealkylation sites (N-methyl/N-ethyl adjacent to an activating group) is 1. The molecule has 0 aliphatic carbocycles. The highest BCUT2D eigenvalue weighted by Gasteiger charge is 2.25. The van der Waals surface area contributed by atoms with Crippen molar-refractivity contribution in [3.05, 3.63) is 122 Å². The molecule has 8 heteroatoms. The number of carboxylic acids is 1. The number of carbonyl (C=O) groups is 3. The Morgan fingerprint density at radius 3 is 1.36 bits per heavy atom. The first-order valence-electron chi connectivity index (χ1n) is 21.7. The normalized spacial score (nSPS) is 14.2. The maximum Gasteiger partial charge on any atom is 0.306 e. The van der Waals surface area contributed by atoms with Gasteiger partial charge >= 0.3 is 11.9 Å². The summed E-state index contributed by atoms with van der Waals surface area (Å²) >= 11 is 0. The van der Waals surface area contributed by atoms with Crippen LogP contribution in [0.2, 0.25) is 0 Å². The van der Waals surface area contributed by atoms with Crippen LogP contribution >= 0.6 is 0 Å². The highest BCUT2D eigenvalue weighted by atomic mass is 16.6. The fourth-order valence-corrected chi connectivity index (χ4v) is 5.52. The second-order valence-corrected chi connectivity index (χ2v) is 15.1. The summed E-state index contributed by atoms with van der Waals surface area (Å²) in [6, 6.07) is -0.745. The number of hydrogen-bond donors (Lipinski definition) is 0. The van der Waals surface area contributed by atoms with E-state index in [-0.39, 0.29) is 49.1 Å². The third-order valence-corrected chi connectivity index (χ3v) is 8.85. The van der Waals surface area contributed by atoms with Crippen molar-refractivity contribution < 1.29 is 38.2 Å². The van der Waals surface area contributed by atoms with Crippen molar-refractivity contribution >= 4 is 17.9 Å². The number of quaternary nitrogens is 1. The SMILES string of the molecule is CC/C=C/C=C/C=C/C=C/C=C/C=C/C=C/CCCCCC(=O)OC(COCCC(C(=O)[O-])[N+](C)(C)C)COC(=O)CCCCCCCCC/C=C/C=C/C=C/CC. The molecule has 0 radical (unpaired) electrons. The molecule has 8 nitrogen and oxygen atoms in total. The summed E-state index contributed by atoms with van der Waals surface area (Å²) in [6.07, 6.45) is 55.0. The van der Waals surface area contributed by atoms with Crippen molar-refractivity contribution in [2.75, 3.05) is 41.0 Å². The minimum absolute atomic E-state index is 0.00829. The number of aliphatic carboxylic acids is 1. The summed E-state index contributed by atoms with van der Waals surface area (Å²) in [5.41, 5.74) is 0. The largest absolute Gasteiger partial charge is 0.544 e. The van der Waals surface area contributed by atoms with Crippen LogP contribution in [-0.2, 0) is 28.6 Å². The molecule has 0 aromatic rings. The Morgan fingerprint density at radius 1 is 0.517 bits per heavy atom. The summed E-state index contributed by atoms with van der Waals surface area (Å²) in [4.78, 5) is 36.9. The van der Waals surface area contributed by atoms with E-state index in [0.717, 1.165) is 64.2 Å². The first-order chi connectivity index (χ1) is 28.1. The molecule has 0 amide bonds. The predicted molar refractivity (Wildman–Crippen MR) is 240 cm³/mol. The number of carboxylic acid groups (broad SMARTS) is 1. The highest BCUT2D eigenvalue weighted by Crippen LogP contribution is 2.12. The van der Waals surface area contributed by atoms with E-state index in [9.17, 15) is 19.5 Å². The smallest absolute Gasteiger partial charge is 0.306 e. The Bertz CT molecular complexity index is 1350. The van der Waals surface area contributed by atoms with E-state index in [4.69, 9.17) is 14.2 Å². The van der Waals surface area contributed by atoms with Crippen molar-refractivity contribution in [3.8, 4) is 0 Å². The zero-order chi connectivity index (χ0) is 42.8. The fraction of sp³-hybridized carbons (Fsp3) is 0.540. The van der Waals surface area contributed by atoms with Gasteiger partial charge in [0, 0.05) is 19.3 Å². The Hall–Kier alpha value is -4.27. The van der Waals surface area contributed by atoms with Gasteiger partial charge in [-0.05, 0) is 51.4 Å². The van der Waals surface area contributed by atoms with Gasteiger partial charge in [0.2, 0.25) is 0 Å². The lowest BCUT2D eigenvalue weighted by molar-refractivity contribution is -0.889. The predicted octanol–water partition coefficient (Wildman–Crippen LogP) is 10.5. The van der Waals surface area contributed by atoms with E-state index in [0.29, 0.717) is 12.8 Å². The van der Waals surface area contributed by atoms with Crippen LogP contribution in [0.4, 0.5) is 0 Å². The van der Waals surface area contributed by atoms with E-state index < -0.39 is 18.1 Å². The van der Waals surface area contributed by atoms with Crippen LogP contribution in [-0.4, -0.2) is 75.5 Å². The lowest BCUT2D eigenvalue weighted by atomic mass is 10.1. The molecule has 0 aromatic heterocycles. The van der Waals surface area contributed by atoms with Gasteiger partial charge in [-0.3, -0.25) is 9.59 Å². The third kappa shape index (κ3) is 37.3. The average Bonchev–Trinajstić information content (AvgIpc) is 3.18. The number of allylic oxidation sites excluding steroid dienone is 20. The third-order valence-electron chi connectivity index (χ3n) is 8.85. The number of ether oxygens (including phenoxy) is 3. The van der Waals surface area contributed by atoms with Gasteiger partial charge in [-0.2, -0.15) is 0 Å². The standard InChI is InChI=1S/C50H77NO7/c1-6-8-10-12-14-16-18-20-22-23-24-25-27-29-31-33-35-37-39-41-49(53)58-46(44-56-43-42-47(50(54)55)51(3,4)5)45-57-48(52)40-38-36-34-32-30-28-26-21-19-17-15-13-11-9-7-2/h8-20,22-25,27,29,31,46-47H,6-7,21,26,28,30,32-45H2,1-5H3/b10-8+,11-9+,14-12+,15-13+,18-16+,19-17+,22-20+,24-23+,27-25+,31-29+. The topological polar surface area (TPSA) is 102 Å². The molecule has 58 heavy (non-hydrogen) atoms. The number of nitrogens with zero attached hydrogens (tertiary/aromatic N) is 1. The minimum Gasteiger partial charge on any atom is -0.544 e. The first-order valence-corrected chi connectivity index (χ1v) is 21.7. The van der Waals surface area contributed by atoms with Crippen molar-refractivity contribution in [3.63, 3.8) is 0 Å². The molecule has 324 valence electrons. The molecule has 0 aromatic carbocycles. The van der Waals surface area contributed by atoms with Crippen LogP contribution in [0.25, 0.3) is 0 Å². The van der Waals surface area contributed by atoms with Gasteiger partial charge in [0.1, 0.15) is 12.6 Å². The molecule has 0 bridgehead atoms. The number of hydrogen-bond acceptors (Lipinski definition) is 7. The number of esters is 2. The van der Waals surface area contributed by atoms with Crippen LogP contribution in [0.1, 0.15) is 123 Å². The molecular weight excluding hydrogens is 727 g/mol. The van der Waals surface area contributed by atoms with Gasteiger partial charge in [0.05, 0.1) is 40.3 Å². The van der Waals surface area contributed by atoms with Crippen molar-refractivity contribution in [1.29, 1.82) is 0 Å². The molecule has 0 aliphatic rings. The molecule has 0 saturated carbocycles. The second kappa shape index (κ2) is 39.6. The van der Waals surface area contributed by atoms with Crippen LogP contribution in [0, 0.1) is 0 Å². The van der Waals surface area contributed by atoms with Gasteiger partial charge in [-0.15, -0.1) is 0 Å². The maximum absolute atomic E-state index is 12.7. The number of unbranched alkanes of at least 4 members (excludes halogenated alkanes) is 10. The molecule has 0 spiro atoms. The molecule has 2 unspecified atom stereocenters. The average molecular weight is 804 g/mol. The highest BCUT2D eigenvalue weighted by molar-refractivity contribution is 5.70. The summed E-state index contributed by atoms with van der Waals surface area (Å²) < 4.78 is 17.1. The maximum atomic E-state index is 12.7. The lowest BCUT2D eigenvalue weighted by Crippen LogP contribution is -2.55. The van der Waals surface area contributed by atoms with Gasteiger partial charge < -0.3 is 28.6 Å². The van der Waals surface area contributed by atoms with Gasteiger partial charge in [0.25, 0.3) is 0 Å². The monoisotopic (exact) mass is 804 g/mol. The number of rotatable bonds is 36. The summed E-state index contributed by atoms with van der Waals surface area (Å²) in [5, 5.41) is 11.6. The van der Waals surface area contributed by atoms with Crippen molar-refractivity contribution in [1.82, 2.24) is 0 Å². The van der Waals surface area contributed by atoms with Crippen LogP contribution in [0.5, 0.6) is 0 Å². The van der Waals surface area contributed by atoms with E-state index in [1.165, 1.54) is 19.3 Å². The summed E-state index contributed by atoms with van der Waals surface area (Å²) in [5.74, 6) is -1.83. The molecule has 0 saturated heterocycles. The second-order valence-electron chi connectivity index (χ2n) is 15.1. The Labute approximate surface area is 352 Å². The zero-order valence-electron chi connectivity index (χ0n) is 36.6. The minimum atomic E-state index is -1.14. The van der Waals surface area contributed by atoms with E-state index in [1.54, 1.807) is 21.1 Å². The van der Waals surface area contributed by atoms with Crippen molar-refractivity contribution in [2.24, 2.45) is 0 Å². The molecule has 2 atom stereocenters. The van der Waals surface area contributed by atoms with E-state index >= 15 is 0 Å². The Balaban J connectivity index is 4.52. The fourth-order valence-electron chi connectivity index (χ4n) is 5.52. The zero-order valence-corrected chi connectivity index (χ0v) is 36.6. The van der Waals surface area contributed by atoms with Gasteiger partial charge in [0.15, 0.2) is 6.10 Å². The quantitative estimate of drug-likeness (QED) is 0.0269. The Kier molecular flexibility index (Phi) is 36.6. The molecule has 0 rings (SSSR count). The molecule has 0 aliphatic heterocycles. The van der Waals surface area contributed by atoms with Crippen molar-refractivity contribution in [2.45, 2.75) is 135 Å². The number of carbonyl (C=O) groups excluding carboxylic acids is 3. The summed E-state index contributed by atoms with van der Waals surface area (Å²) in [7, 11) is 5.37. The molecule has 0 heterocycles. The molecule has 0 N–H and O–H groups in total. The van der Waals surface area contributed by atoms with E-state index in [1.807, 2.05) is 72.9 Å². The summed E-state index contributed by atoms with van der Waals surface area (Å²) in [6.45, 7) is 4.29. The lowest BCUT2D eigenvalue weighted by Gasteiger charge is -2.34. The first kappa shape index (κ1) is 53.7. The van der Waals surface area contributed by atoms with Gasteiger partial charge in [-0.25, -0.2) is 0 Å². The van der Waals surface area contributed by atoms with Crippen LogP contribution in [0.15, 0.2) is 122 Å². The van der Waals surface area contributed by atoms with Crippen LogP contribution < -0.4 is 5.11 Å². The van der Waals surface area contributed by atoms with Gasteiger partial charge in [-0.1, -0.05) is 174 Å².